The summed E-state index contributed by atoms with van der Waals surface area (Å²) in [6.45, 7) is 4.72. The van der Waals surface area contributed by atoms with Crippen LogP contribution in [0.25, 0.3) is 0 Å². The number of aryl methyl sites for hydroxylation is 1. The van der Waals surface area contributed by atoms with E-state index in [1.165, 1.54) is 4.90 Å². The first kappa shape index (κ1) is 15.5. The molecule has 0 heterocycles. The molecule has 0 fully saturated rings. The molecule has 0 aliphatic carbocycles. The molecule has 104 valence electrons. The Bertz CT molecular complexity index is 538. The van der Waals surface area contributed by atoms with Crippen LogP contribution in [0, 0.1) is 29.6 Å². The Morgan fingerprint density at radius 1 is 1.30 bits per heavy atom. The number of nitrogens with one attached hydrogen (secondary N) is 1. The number of amides is 1. The van der Waals surface area contributed by atoms with Crippen LogP contribution >= 0.6 is 0 Å². The molecule has 0 aromatic heterocycles. The van der Waals surface area contributed by atoms with E-state index in [-0.39, 0.29) is 19.0 Å². The first-order chi connectivity index (χ1) is 9.63. The molecule has 20 heavy (non-hydrogen) atoms. The number of carbonyl (C=O) groups is 1. The largest absolute Gasteiger partial charge is 0.385 e. The molecule has 0 aliphatic rings. The zero-order chi connectivity index (χ0) is 15.0. The van der Waals surface area contributed by atoms with E-state index in [1.807, 2.05) is 25.1 Å². The second-order valence-electron chi connectivity index (χ2n) is 4.43. The van der Waals surface area contributed by atoms with Gasteiger partial charge < -0.3 is 10.2 Å². The first-order valence-electron chi connectivity index (χ1n) is 6.51. The molecule has 0 unspecified atom stereocenters. The molecule has 0 spiro atoms. The standard InChI is InChI=1S/C15H18N4O/c1-3-8-18-14-5-4-13(11-12(14)2)15(20)19(9-6-16)10-7-17/h4-5,11,18H,3,8-10H2,1-2H3. The van der Waals surface area contributed by atoms with Gasteiger partial charge in [-0.2, -0.15) is 10.5 Å². The fourth-order valence-electron chi connectivity index (χ4n) is 1.81. The number of carbonyl (C=O) groups excluding carboxylic acids is 1. The fourth-order valence-corrected chi connectivity index (χ4v) is 1.81. The van der Waals surface area contributed by atoms with Gasteiger partial charge in [0.25, 0.3) is 5.91 Å². The van der Waals surface area contributed by atoms with Crippen molar-refractivity contribution in [3.8, 4) is 12.1 Å². The molecular formula is C15H18N4O. The van der Waals surface area contributed by atoms with Gasteiger partial charge in [0.15, 0.2) is 0 Å². The number of nitriles is 2. The maximum atomic E-state index is 12.2. The van der Waals surface area contributed by atoms with Crippen LogP contribution in [-0.4, -0.2) is 30.4 Å². The van der Waals surface area contributed by atoms with Crippen molar-refractivity contribution in [2.24, 2.45) is 0 Å². The first-order valence-corrected chi connectivity index (χ1v) is 6.51. The number of rotatable bonds is 6. The number of hydrogen-bond donors (Lipinski definition) is 1. The minimum absolute atomic E-state index is 0.0821. The zero-order valence-electron chi connectivity index (χ0n) is 11.8. The van der Waals surface area contributed by atoms with Crippen LogP contribution in [0.4, 0.5) is 5.69 Å². The molecule has 0 atom stereocenters. The summed E-state index contributed by atoms with van der Waals surface area (Å²) in [4.78, 5) is 13.4. The van der Waals surface area contributed by atoms with Crippen molar-refractivity contribution >= 4 is 11.6 Å². The van der Waals surface area contributed by atoms with E-state index in [4.69, 9.17) is 10.5 Å². The van der Waals surface area contributed by atoms with Crippen molar-refractivity contribution in [1.29, 1.82) is 10.5 Å². The summed E-state index contributed by atoms with van der Waals surface area (Å²) >= 11 is 0. The topological polar surface area (TPSA) is 79.9 Å². The van der Waals surface area contributed by atoms with Gasteiger partial charge in [-0.25, -0.2) is 0 Å². The van der Waals surface area contributed by atoms with Gasteiger partial charge in [-0.05, 0) is 37.1 Å². The summed E-state index contributed by atoms with van der Waals surface area (Å²) in [7, 11) is 0. The summed E-state index contributed by atoms with van der Waals surface area (Å²) in [5, 5.41) is 20.7. The Morgan fingerprint density at radius 2 is 1.95 bits per heavy atom. The van der Waals surface area contributed by atoms with Crippen LogP contribution in [-0.2, 0) is 0 Å². The Kier molecular flexibility index (Phi) is 6.06. The number of anilines is 1. The summed E-state index contributed by atoms with van der Waals surface area (Å²) < 4.78 is 0. The smallest absolute Gasteiger partial charge is 0.255 e. The third-order valence-corrected chi connectivity index (χ3v) is 2.85. The van der Waals surface area contributed by atoms with Gasteiger partial charge in [0.1, 0.15) is 13.1 Å². The van der Waals surface area contributed by atoms with Crippen molar-refractivity contribution in [1.82, 2.24) is 4.90 Å². The van der Waals surface area contributed by atoms with Gasteiger partial charge in [0, 0.05) is 17.8 Å². The lowest BCUT2D eigenvalue weighted by Gasteiger charge is -2.17. The maximum Gasteiger partial charge on any atom is 0.255 e. The third kappa shape index (κ3) is 4.00. The van der Waals surface area contributed by atoms with E-state index >= 15 is 0 Å². The quantitative estimate of drug-likeness (QED) is 0.804. The molecule has 1 rings (SSSR count). The Morgan fingerprint density at radius 3 is 2.45 bits per heavy atom. The van der Waals surface area contributed by atoms with Crippen molar-refractivity contribution in [2.75, 3.05) is 25.0 Å². The van der Waals surface area contributed by atoms with Gasteiger partial charge in [0.05, 0.1) is 12.1 Å². The average molecular weight is 270 g/mol. The average Bonchev–Trinajstić information content (AvgIpc) is 2.45. The highest BCUT2D eigenvalue weighted by Gasteiger charge is 2.15. The van der Waals surface area contributed by atoms with Gasteiger partial charge >= 0.3 is 0 Å². The van der Waals surface area contributed by atoms with Gasteiger partial charge in [-0.15, -0.1) is 0 Å². The van der Waals surface area contributed by atoms with E-state index in [2.05, 4.69) is 12.2 Å². The molecular weight excluding hydrogens is 252 g/mol. The minimum atomic E-state index is -0.293. The Hall–Kier alpha value is -2.53. The van der Waals surface area contributed by atoms with Gasteiger partial charge in [-0.3, -0.25) is 4.79 Å². The molecule has 1 aromatic rings. The van der Waals surface area contributed by atoms with Crippen molar-refractivity contribution < 1.29 is 4.79 Å². The van der Waals surface area contributed by atoms with Gasteiger partial charge in [-0.1, -0.05) is 6.92 Å². The summed E-state index contributed by atoms with van der Waals surface area (Å²) in [6, 6.07) is 9.15. The lowest BCUT2D eigenvalue weighted by atomic mass is 10.1. The van der Waals surface area contributed by atoms with Crippen molar-refractivity contribution in [2.45, 2.75) is 20.3 Å². The molecule has 1 N–H and O–H groups in total. The van der Waals surface area contributed by atoms with E-state index in [1.54, 1.807) is 12.1 Å². The van der Waals surface area contributed by atoms with E-state index in [0.29, 0.717) is 5.56 Å². The molecule has 0 radical (unpaired) electrons. The Balaban J connectivity index is 2.91. The third-order valence-electron chi connectivity index (χ3n) is 2.85. The van der Waals surface area contributed by atoms with Crippen LogP contribution in [0.2, 0.25) is 0 Å². The highest BCUT2D eigenvalue weighted by molar-refractivity contribution is 5.95. The number of benzene rings is 1. The molecule has 0 aliphatic heterocycles. The molecule has 0 bridgehead atoms. The number of nitrogens with zero attached hydrogens (tertiary/aromatic N) is 3. The molecule has 1 amide bonds. The predicted molar refractivity (Wildman–Crippen MR) is 77.1 cm³/mol. The molecule has 0 saturated carbocycles. The fraction of sp³-hybridized carbons (Fsp3) is 0.400. The van der Waals surface area contributed by atoms with Crippen LogP contribution < -0.4 is 5.32 Å². The summed E-state index contributed by atoms with van der Waals surface area (Å²) in [5.74, 6) is -0.293. The SMILES string of the molecule is CCCNc1ccc(C(=O)N(CC#N)CC#N)cc1C. The van der Waals surface area contributed by atoms with Crippen molar-refractivity contribution in [3.63, 3.8) is 0 Å². The van der Waals surface area contributed by atoms with Crippen molar-refractivity contribution in [3.05, 3.63) is 29.3 Å². The summed E-state index contributed by atoms with van der Waals surface area (Å²) in [6.07, 6.45) is 1.03. The summed E-state index contributed by atoms with van der Waals surface area (Å²) in [5.41, 5.74) is 2.46. The maximum absolute atomic E-state index is 12.2. The number of hydrogen-bond acceptors (Lipinski definition) is 4. The van der Waals surface area contributed by atoms with E-state index in [0.717, 1.165) is 24.2 Å². The van der Waals surface area contributed by atoms with E-state index in [9.17, 15) is 4.79 Å². The van der Waals surface area contributed by atoms with Crippen LogP contribution in [0.15, 0.2) is 18.2 Å². The molecule has 5 heteroatoms. The zero-order valence-corrected chi connectivity index (χ0v) is 11.8. The Labute approximate surface area is 119 Å². The van der Waals surface area contributed by atoms with E-state index < -0.39 is 0 Å². The normalized spacial score (nSPS) is 9.40. The molecule has 5 nitrogen and oxygen atoms in total. The van der Waals surface area contributed by atoms with Crippen LogP contribution in [0.3, 0.4) is 0 Å². The predicted octanol–water partition coefficient (Wildman–Crippen LogP) is 2.31. The highest BCUT2D eigenvalue weighted by Crippen LogP contribution is 2.17. The lowest BCUT2D eigenvalue weighted by molar-refractivity contribution is 0.0794. The second kappa shape index (κ2) is 7.81. The van der Waals surface area contributed by atoms with Crippen LogP contribution in [0.1, 0.15) is 29.3 Å². The molecule has 0 saturated heterocycles. The highest BCUT2D eigenvalue weighted by atomic mass is 16.2. The molecule has 1 aromatic carbocycles. The van der Waals surface area contributed by atoms with Crippen LogP contribution in [0.5, 0.6) is 0 Å². The second-order valence-corrected chi connectivity index (χ2v) is 4.43. The minimum Gasteiger partial charge on any atom is -0.385 e. The lowest BCUT2D eigenvalue weighted by Crippen LogP contribution is -2.31. The monoisotopic (exact) mass is 270 g/mol. The van der Waals surface area contributed by atoms with Gasteiger partial charge in [0.2, 0.25) is 0 Å².